The van der Waals surface area contributed by atoms with Gasteiger partial charge in [0.1, 0.15) is 16.5 Å². The van der Waals surface area contributed by atoms with Crippen LogP contribution in [0.2, 0.25) is 0 Å². The standard InChI is InChI=1S/C20H22N2O6S/c1-26-11-8-9-12(14(10-11)27-2)17(23)21-19-16(18(24)22-20(25)28-3)13-6-4-5-7-15(13)29-19/h8-10H,4-7H2,1-3H3,(H,21,23)(H,22,24,25). The molecule has 1 aromatic carbocycles. The van der Waals surface area contributed by atoms with Gasteiger partial charge in [0.25, 0.3) is 11.8 Å². The van der Waals surface area contributed by atoms with Gasteiger partial charge < -0.3 is 19.5 Å². The molecule has 8 nitrogen and oxygen atoms in total. The predicted molar refractivity (Wildman–Crippen MR) is 108 cm³/mol. The number of ether oxygens (including phenoxy) is 3. The highest BCUT2D eigenvalue weighted by atomic mass is 32.1. The Balaban J connectivity index is 1.94. The minimum absolute atomic E-state index is 0.305. The van der Waals surface area contributed by atoms with E-state index < -0.39 is 17.9 Å². The molecule has 1 aliphatic carbocycles. The quantitative estimate of drug-likeness (QED) is 0.772. The summed E-state index contributed by atoms with van der Waals surface area (Å²) in [5.74, 6) is -0.102. The van der Waals surface area contributed by atoms with Crippen molar-refractivity contribution in [3.05, 3.63) is 39.8 Å². The normalized spacial score (nSPS) is 12.5. The number of anilines is 1. The number of hydrogen-bond donors (Lipinski definition) is 2. The smallest absolute Gasteiger partial charge is 0.413 e. The molecule has 2 N–H and O–H groups in total. The lowest BCUT2D eigenvalue weighted by atomic mass is 9.95. The van der Waals surface area contributed by atoms with Crippen LogP contribution in [0, 0.1) is 0 Å². The Morgan fingerprint density at radius 2 is 1.76 bits per heavy atom. The average molecular weight is 418 g/mol. The lowest BCUT2D eigenvalue weighted by Crippen LogP contribution is -2.31. The summed E-state index contributed by atoms with van der Waals surface area (Å²) < 4.78 is 15.0. The first-order chi connectivity index (χ1) is 14.0. The van der Waals surface area contributed by atoms with E-state index in [2.05, 4.69) is 15.4 Å². The Morgan fingerprint density at radius 1 is 1.00 bits per heavy atom. The number of nitrogens with one attached hydrogen (secondary N) is 2. The molecule has 0 fully saturated rings. The molecule has 9 heteroatoms. The second kappa shape index (κ2) is 8.95. The molecule has 0 saturated heterocycles. The lowest BCUT2D eigenvalue weighted by molar-refractivity contribution is 0.0937. The Hall–Kier alpha value is -3.07. The van der Waals surface area contributed by atoms with Crippen molar-refractivity contribution in [2.45, 2.75) is 25.7 Å². The van der Waals surface area contributed by atoms with Crippen LogP contribution in [-0.4, -0.2) is 39.2 Å². The number of alkyl carbamates (subject to hydrolysis) is 1. The largest absolute Gasteiger partial charge is 0.497 e. The van der Waals surface area contributed by atoms with E-state index in [0.29, 0.717) is 27.6 Å². The number of amides is 3. The van der Waals surface area contributed by atoms with Gasteiger partial charge in [-0.15, -0.1) is 11.3 Å². The fourth-order valence-electron chi connectivity index (χ4n) is 3.26. The van der Waals surface area contributed by atoms with Crippen LogP contribution in [0.25, 0.3) is 0 Å². The second-order valence-electron chi connectivity index (χ2n) is 6.38. The summed E-state index contributed by atoms with van der Waals surface area (Å²) in [4.78, 5) is 38.2. The minimum atomic E-state index is -0.847. The molecule has 3 amide bonds. The summed E-state index contributed by atoms with van der Waals surface area (Å²) in [5.41, 5.74) is 1.49. The van der Waals surface area contributed by atoms with Gasteiger partial charge in [-0.25, -0.2) is 4.79 Å². The van der Waals surface area contributed by atoms with Crippen LogP contribution in [0.1, 0.15) is 44.0 Å². The zero-order valence-electron chi connectivity index (χ0n) is 16.4. The molecule has 0 saturated carbocycles. The number of imide groups is 1. The molecular weight excluding hydrogens is 396 g/mol. The van der Waals surface area contributed by atoms with Crippen molar-refractivity contribution < 1.29 is 28.6 Å². The van der Waals surface area contributed by atoms with Crippen LogP contribution in [0.3, 0.4) is 0 Å². The first-order valence-electron chi connectivity index (χ1n) is 9.05. The van der Waals surface area contributed by atoms with Crippen molar-refractivity contribution in [3.8, 4) is 11.5 Å². The molecule has 29 heavy (non-hydrogen) atoms. The van der Waals surface area contributed by atoms with Crippen molar-refractivity contribution in [1.29, 1.82) is 0 Å². The van der Waals surface area contributed by atoms with Gasteiger partial charge in [-0.3, -0.25) is 14.9 Å². The van der Waals surface area contributed by atoms with E-state index in [-0.39, 0.29) is 0 Å². The van der Waals surface area contributed by atoms with Gasteiger partial charge in [-0.05, 0) is 43.4 Å². The number of fused-ring (bicyclic) bond motifs is 1. The maximum absolute atomic E-state index is 12.9. The monoisotopic (exact) mass is 418 g/mol. The maximum atomic E-state index is 12.9. The van der Waals surface area contributed by atoms with E-state index in [1.165, 1.54) is 32.7 Å². The third-order valence-electron chi connectivity index (χ3n) is 4.68. The highest BCUT2D eigenvalue weighted by Gasteiger charge is 2.28. The molecule has 3 rings (SSSR count). The Bertz CT molecular complexity index is 953. The van der Waals surface area contributed by atoms with Crippen LogP contribution in [0.4, 0.5) is 9.80 Å². The first kappa shape index (κ1) is 20.7. The van der Waals surface area contributed by atoms with Crippen LogP contribution >= 0.6 is 11.3 Å². The van der Waals surface area contributed by atoms with E-state index in [1.807, 2.05) is 0 Å². The molecule has 0 radical (unpaired) electrons. The number of carbonyl (C=O) groups excluding carboxylic acids is 3. The highest BCUT2D eigenvalue weighted by Crippen LogP contribution is 2.38. The summed E-state index contributed by atoms with van der Waals surface area (Å²) >= 11 is 1.36. The Labute approximate surface area is 172 Å². The summed E-state index contributed by atoms with van der Waals surface area (Å²) in [5, 5.41) is 5.41. The van der Waals surface area contributed by atoms with Gasteiger partial charge in [-0.1, -0.05) is 0 Å². The minimum Gasteiger partial charge on any atom is -0.497 e. The number of methoxy groups -OCH3 is 3. The molecule has 0 spiro atoms. The molecule has 0 unspecified atom stereocenters. The van der Waals surface area contributed by atoms with E-state index in [4.69, 9.17) is 9.47 Å². The van der Waals surface area contributed by atoms with Crippen molar-refractivity contribution in [1.82, 2.24) is 5.32 Å². The SMILES string of the molecule is COC(=O)NC(=O)c1c(NC(=O)c2ccc(OC)cc2OC)sc2c1CCCC2. The van der Waals surface area contributed by atoms with Crippen molar-refractivity contribution in [3.63, 3.8) is 0 Å². The van der Waals surface area contributed by atoms with Gasteiger partial charge in [0.05, 0.1) is 32.5 Å². The molecule has 0 bridgehead atoms. The van der Waals surface area contributed by atoms with E-state index >= 15 is 0 Å². The van der Waals surface area contributed by atoms with Gasteiger partial charge >= 0.3 is 6.09 Å². The topological polar surface area (TPSA) is 103 Å². The van der Waals surface area contributed by atoms with Gasteiger partial charge in [-0.2, -0.15) is 0 Å². The summed E-state index contributed by atoms with van der Waals surface area (Å²) in [6, 6.07) is 4.86. The van der Waals surface area contributed by atoms with Crippen molar-refractivity contribution in [2.24, 2.45) is 0 Å². The van der Waals surface area contributed by atoms with Crippen molar-refractivity contribution in [2.75, 3.05) is 26.6 Å². The second-order valence-corrected chi connectivity index (χ2v) is 7.49. The number of hydrogen-bond acceptors (Lipinski definition) is 7. The molecule has 1 aliphatic rings. The fourth-order valence-corrected chi connectivity index (χ4v) is 4.54. The van der Waals surface area contributed by atoms with Gasteiger partial charge in [0.2, 0.25) is 0 Å². The number of aryl methyl sites for hydroxylation is 1. The van der Waals surface area contributed by atoms with Crippen molar-refractivity contribution >= 4 is 34.2 Å². The fraction of sp³-hybridized carbons (Fsp3) is 0.350. The molecule has 1 aromatic heterocycles. The summed E-state index contributed by atoms with van der Waals surface area (Å²) in [6.45, 7) is 0. The molecule has 154 valence electrons. The predicted octanol–water partition coefficient (Wildman–Crippen LogP) is 3.39. The zero-order chi connectivity index (χ0) is 21.0. The van der Waals surface area contributed by atoms with Crippen LogP contribution in [0.15, 0.2) is 18.2 Å². The van der Waals surface area contributed by atoms with Crippen LogP contribution < -0.4 is 20.1 Å². The zero-order valence-corrected chi connectivity index (χ0v) is 17.2. The molecule has 0 atom stereocenters. The lowest BCUT2D eigenvalue weighted by Gasteiger charge is -2.13. The number of benzene rings is 1. The molecule has 2 aromatic rings. The number of thiophene rings is 1. The number of carbonyl (C=O) groups is 3. The van der Waals surface area contributed by atoms with E-state index in [1.54, 1.807) is 18.2 Å². The van der Waals surface area contributed by atoms with Gasteiger partial charge in [0, 0.05) is 10.9 Å². The van der Waals surface area contributed by atoms with Gasteiger partial charge in [0.15, 0.2) is 0 Å². The van der Waals surface area contributed by atoms with Crippen LogP contribution in [-0.2, 0) is 17.6 Å². The molecular formula is C20H22N2O6S. The van der Waals surface area contributed by atoms with E-state index in [0.717, 1.165) is 36.1 Å². The van der Waals surface area contributed by atoms with Crippen LogP contribution in [0.5, 0.6) is 11.5 Å². The molecule has 1 heterocycles. The summed E-state index contributed by atoms with van der Waals surface area (Å²) in [6.07, 6.45) is 2.67. The molecule has 0 aliphatic heterocycles. The number of rotatable bonds is 5. The average Bonchev–Trinajstić information content (AvgIpc) is 3.10. The third kappa shape index (κ3) is 4.34. The summed E-state index contributed by atoms with van der Waals surface area (Å²) in [7, 11) is 4.17. The highest BCUT2D eigenvalue weighted by molar-refractivity contribution is 7.17. The Kier molecular flexibility index (Phi) is 6.38. The first-order valence-corrected chi connectivity index (χ1v) is 9.87. The van der Waals surface area contributed by atoms with E-state index in [9.17, 15) is 14.4 Å². The Morgan fingerprint density at radius 3 is 2.45 bits per heavy atom. The maximum Gasteiger partial charge on any atom is 0.413 e. The third-order valence-corrected chi connectivity index (χ3v) is 5.89.